The molecule has 3 N–H and O–H groups in total. The van der Waals surface area contributed by atoms with Crippen molar-refractivity contribution in [3.8, 4) is 0 Å². The first-order valence-corrected chi connectivity index (χ1v) is 6.58. The van der Waals surface area contributed by atoms with Crippen molar-refractivity contribution in [3.05, 3.63) is 33.6 Å². The number of hydrogen-bond acceptors (Lipinski definition) is 2. The average Bonchev–Trinajstić information content (AvgIpc) is 2.30. The molecule has 106 valence electrons. The van der Waals surface area contributed by atoms with Gasteiger partial charge in [-0.3, -0.25) is 4.79 Å². The minimum absolute atomic E-state index is 0.0154. The van der Waals surface area contributed by atoms with Gasteiger partial charge in [0.1, 0.15) is 5.82 Å². The Bertz CT molecular complexity index is 492. The summed E-state index contributed by atoms with van der Waals surface area (Å²) in [5, 5.41) is 3.48. The van der Waals surface area contributed by atoms with Crippen LogP contribution >= 0.6 is 23.2 Å². The number of carbonyl (C=O) groups excluding carboxylic acids is 1. The van der Waals surface area contributed by atoms with Gasteiger partial charge in [-0.05, 0) is 38.5 Å². The molecule has 0 radical (unpaired) electrons. The van der Waals surface area contributed by atoms with Crippen LogP contribution in [0.1, 0.15) is 32.4 Å². The molecule has 0 aromatic heterocycles. The van der Waals surface area contributed by atoms with Gasteiger partial charge in [-0.15, -0.1) is 0 Å². The largest absolute Gasteiger partial charge is 0.369 e. The molecule has 0 fully saturated rings. The Morgan fingerprint density at radius 3 is 2.53 bits per heavy atom. The van der Waals surface area contributed by atoms with E-state index in [0.29, 0.717) is 17.1 Å². The third-order valence-electron chi connectivity index (χ3n) is 3.02. The van der Waals surface area contributed by atoms with Gasteiger partial charge in [-0.1, -0.05) is 23.2 Å². The standard InChI is InChI=1S/C13H17Cl2FN2O/c1-7(18-6-13(2,3)12(17)19)8-4-11(16)10(15)5-9(8)14/h4-5,7,18H,6H2,1-3H3,(H2,17,19). The molecule has 1 aromatic rings. The van der Waals surface area contributed by atoms with Gasteiger partial charge in [0.05, 0.1) is 10.4 Å². The van der Waals surface area contributed by atoms with Gasteiger partial charge in [0.2, 0.25) is 5.91 Å². The van der Waals surface area contributed by atoms with Crippen LogP contribution in [0.4, 0.5) is 4.39 Å². The summed E-state index contributed by atoms with van der Waals surface area (Å²) in [5.74, 6) is -0.926. The lowest BCUT2D eigenvalue weighted by atomic mass is 9.92. The predicted molar refractivity (Wildman–Crippen MR) is 75.8 cm³/mol. The number of primary amides is 1. The predicted octanol–water partition coefficient (Wildman–Crippen LogP) is 3.29. The number of rotatable bonds is 5. The number of halogens is 3. The molecule has 0 spiro atoms. The summed E-state index contributed by atoms with van der Waals surface area (Å²) in [4.78, 5) is 11.2. The molecular formula is C13H17Cl2FN2O. The van der Waals surface area contributed by atoms with Crippen LogP contribution in [0.15, 0.2) is 12.1 Å². The molecule has 6 heteroatoms. The molecule has 1 aromatic carbocycles. The lowest BCUT2D eigenvalue weighted by molar-refractivity contribution is -0.125. The van der Waals surface area contributed by atoms with E-state index in [0.717, 1.165) is 0 Å². The molecule has 1 rings (SSSR count). The highest BCUT2D eigenvalue weighted by atomic mass is 35.5. The number of nitrogens with two attached hydrogens (primary N) is 1. The SMILES string of the molecule is CC(NCC(C)(C)C(N)=O)c1cc(F)c(Cl)cc1Cl. The zero-order valence-corrected chi connectivity index (χ0v) is 12.6. The first-order chi connectivity index (χ1) is 8.65. The van der Waals surface area contributed by atoms with Crippen LogP contribution in [-0.4, -0.2) is 12.5 Å². The second-order valence-corrected chi connectivity index (χ2v) is 5.95. The third kappa shape index (κ3) is 4.06. The summed E-state index contributed by atoms with van der Waals surface area (Å²) in [6.07, 6.45) is 0. The van der Waals surface area contributed by atoms with Crippen molar-refractivity contribution in [2.45, 2.75) is 26.8 Å². The van der Waals surface area contributed by atoms with Gasteiger partial charge < -0.3 is 11.1 Å². The number of amides is 1. The highest BCUT2D eigenvalue weighted by Crippen LogP contribution is 2.29. The number of benzene rings is 1. The molecule has 0 aliphatic rings. The van der Waals surface area contributed by atoms with E-state index in [1.54, 1.807) is 13.8 Å². The maximum absolute atomic E-state index is 13.4. The molecule has 3 nitrogen and oxygen atoms in total. The van der Waals surface area contributed by atoms with Gasteiger partial charge >= 0.3 is 0 Å². The minimum Gasteiger partial charge on any atom is -0.369 e. The van der Waals surface area contributed by atoms with Crippen molar-refractivity contribution >= 4 is 29.1 Å². The highest BCUT2D eigenvalue weighted by Gasteiger charge is 2.25. The second-order valence-electron chi connectivity index (χ2n) is 5.14. The Labute approximate surface area is 122 Å². The van der Waals surface area contributed by atoms with Crippen LogP contribution < -0.4 is 11.1 Å². The fourth-order valence-corrected chi connectivity index (χ4v) is 2.02. The first-order valence-electron chi connectivity index (χ1n) is 5.83. The van der Waals surface area contributed by atoms with Crippen LogP contribution in [0, 0.1) is 11.2 Å². The number of carbonyl (C=O) groups is 1. The Kier molecular flexibility index (Phi) is 5.18. The van der Waals surface area contributed by atoms with E-state index in [1.165, 1.54) is 12.1 Å². The van der Waals surface area contributed by atoms with E-state index in [-0.39, 0.29) is 11.1 Å². The Balaban J connectivity index is 2.82. The summed E-state index contributed by atoms with van der Waals surface area (Å²) in [6.45, 7) is 5.66. The molecule has 1 amide bonds. The lowest BCUT2D eigenvalue weighted by Crippen LogP contribution is -2.41. The zero-order chi connectivity index (χ0) is 14.8. The van der Waals surface area contributed by atoms with E-state index in [1.807, 2.05) is 6.92 Å². The Morgan fingerprint density at radius 1 is 1.42 bits per heavy atom. The van der Waals surface area contributed by atoms with Crippen molar-refractivity contribution in [1.82, 2.24) is 5.32 Å². The normalized spacial score (nSPS) is 13.4. The van der Waals surface area contributed by atoms with Gasteiger partial charge in [0.15, 0.2) is 0 Å². The molecule has 0 saturated heterocycles. The molecule has 0 aliphatic heterocycles. The summed E-state index contributed by atoms with van der Waals surface area (Å²) in [5.41, 5.74) is 5.18. The monoisotopic (exact) mass is 306 g/mol. The van der Waals surface area contributed by atoms with Gasteiger partial charge in [-0.2, -0.15) is 0 Å². The minimum atomic E-state index is -0.689. The van der Waals surface area contributed by atoms with Crippen molar-refractivity contribution in [2.24, 2.45) is 11.1 Å². The van der Waals surface area contributed by atoms with Crippen LogP contribution in [0.25, 0.3) is 0 Å². The zero-order valence-electron chi connectivity index (χ0n) is 11.1. The van der Waals surface area contributed by atoms with Crippen molar-refractivity contribution in [1.29, 1.82) is 0 Å². The summed E-state index contributed by atoms with van der Waals surface area (Å²) in [7, 11) is 0. The summed E-state index contributed by atoms with van der Waals surface area (Å²) >= 11 is 11.7. The van der Waals surface area contributed by atoms with Crippen LogP contribution in [0.2, 0.25) is 10.0 Å². The molecule has 1 unspecified atom stereocenters. The maximum atomic E-state index is 13.4. The smallest absolute Gasteiger partial charge is 0.224 e. The van der Waals surface area contributed by atoms with E-state index in [4.69, 9.17) is 28.9 Å². The van der Waals surface area contributed by atoms with Crippen molar-refractivity contribution in [3.63, 3.8) is 0 Å². The molecule has 0 bridgehead atoms. The van der Waals surface area contributed by atoms with Crippen molar-refractivity contribution in [2.75, 3.05) is 6.54 Å². The van der Waals surface area contributed by atoms with Gasteiger partial charge in [0.25, 0.3) is 0 Å². The first kappa shape index (κ1) is 16.2. The molecular weight excluding hydrogens is 290 g/mol. The lowest BCUT2D eigenvalue weighted by Gasteiger charge is -2.24. The molecule has 1 atom stereocenters. The van der Waals surface area contributed by atoms with Crippen molar-refractivity contribution < 1.29 is 9.18 Å². The summed E-state index contributed by atoms with van der Waals surface area (Å²) in [6, 6.07) is 2.43. The van der Waals surface area contributed by atoms with Crippen LogP contribution in [0.5, 0.6) is 0 Å². The van der Waals surface area contributed by atoms with Crippen LogP contribution in [0.3, 0.4) is 0 Å². The number of nitrogens with one attached hydrogen (secondary N) is 1. The van der Waals surface area contributed by atoms with Gasteiger partial charge in [0, 0.05) is 17.6 Å². The quantitative estimate of drug-likeness (QED) is 0.820. The average molecular weight is 307 g/mol. The molecule has 19 heavy (non-hydrogen) atoms. The fourth-order valence-electron chi connectivity index (χ4n) is 1.48. The Hall–Kier alpha value is -0.840. The van der Waals surface area contributed by atoms with E-state index in [2.05, 4.69) is 5.32 Å². The Morgan fingerprint density at radius 2 is 2.00 bits per heavy atom. The van der Waals surface area contributed by atoms with E-state index in [9.17, 15) is 9.18 Å². The van der Waals surface area contributed by atoms with E-state index >= 15 is 0 Å². The topological polar surface area (TPSA) is 55.1 Å². The fraction of sp³-hybridized carbons (Fsp3) is 0.462. The highest BCUT2D eigenvalue weighted by molar-refractivity contribution is 6.35. The molecule has 0 aliphatic carbocycles. The third-order valence-corrected chi connectivity index (χ3v) is 3.64. The second kappa shape index (κ2) is 6.07. The molecule has 0 heterocycles. The molecule has 0 saturated carbocycles. The van der Waals surface area contributed by atoms with Crippen LogP contribution in [-0.2, 0) is 4.79 Å². The van der Waals surface area contributed by atoms with Gasteiger partial charge in [-0.25, -0.2) is 4.39 Å². The summed E-state index contributed by atoms with van der Waals surface area (Å²) < 4.78 is 13.4. The maximum Gasteiger partial charge on any atom is 0.224 e. The van der Waals surface area contributed by atoms with E-state index < -0.39 is 17.1 Å². The number of hydrogen-bond donors (Lipinski definition) is 2.